The monoisotopic (exact) mass is 281 g/mol. The van der Waals surface area contributed by atoms with Gasteiger partial charge < -0.3 is 15.0 Å². The molecular weight excluding hydrogens is 262 g/mol. The van der Waals surface area contributed by atoms with Crippen LogP contribution in [-0.4, -0.2) is 23.3 Å². The molecular formula is C17H19N3O. The van der Waals surface area contributed by atoms with Crippen molar-refractivity contribution >= 4 is 16.7 Å². The van der Waals surface area contributed by atoms with E-state index in [0.29, 0.717) is 6.61 Å². The van der Waals surface area contributed by atoms with E-state index >= 15 is 0 Å². The molecule has 0 saturated heterocycles. The van der Waals surface area contributed by atoms with Crippen molar-refractivity contribution in [3.63, 3.8) is 0 Å². The van der Waals surface area contributed by atoms with Crippen LogP contribution in [0.4, 0.5) is 5.69 Å². The maximum Gasteiger partial charge on any atom is 0.114 e. The van der Waals surface area contributed by atoms with Gasteiger partial charge in [-0.2, -0.15) is 0 Å². The van der Waals surface area contributed by atoms with E-state index in [2.05, 4.69) is 16.7 Å². The quantitative estimate of drug-likeness (QED) is 0.732. The predicted molar refractivity (Wildman–Crippen MR) is 85.3 cm³/mol. The molecule has 3 rings (SSSR count). The van der Waals surface area contributed by atoms with Gasteiger partial charge in [0.15, 0.2) is 0 Å². The summed E-state index contributed by atoms with van der Waals surface area (Å²) in [5.74, 6) is 1.02. The number of para-hydroxylation sites is 3. The molecule has 0 spiro atoms. The molecule has 0 bridgehead atoms. The first kappa shape index (κ1) is 13.6. The zero-order chi connectivity index (χ0) is 14.7. The van der Waals surface area contributed by atoms with Crippen LogP contribution < -0.4 is 5.73 Å². The van der Waals surface area contributed by atoms with Crippen molar-refractivity contribution in [2.75, 3.05) is 19.5 Å². The summed E-state index contributed by atoms with van der Waals surface area (Å²) in [6.07, 6.45) is 0.727. The molecule has 0 aliphatic heterocycles. The van der Waals surface area contributed by atoms with Crippen LogP contribution in [0.25, 0.3) is 11.0 Å². The molecule has 4 nitrogen and oxygen atoms in total. The Morgan fingerprint density at radius 3 is 2.67 bits per heavy atom. The topological polar surface area (TPSA) is 53.1 Å². The van der Waals surface area contributed by atoms with Crippen LogP contribution in [-0.2, 0) is 17.7 Å². The highest BCUT2D eigenvalue weighted by molar-refractivity contribution is 5.76. The first-order chi connectivity index (χ1) is 10.3. The number of anilines is 1. The summed E-state index contributed by atoms with van der Waals surface area (Å²) in [5, 5.41) is 0. The molecule has 0 atom stereocenters. The number of fused-ring (bicyclic) bond motifs is 1. The van der Waals surface area contributed by atoms with E-state index in [1.165, 1.54) is 0 Å². The van der Waals surface area contributed by atoms with Crippen molar-refractivity contribution in [1.29, 1.82) is 0 Å². The van der Waals surface area contributed by atoms with Gasteiger partial charge in [-0.1, -0.05) is 30.3 Å². The van der Waals surface area contributed by atoms with Gasteiger partial charge in [0.05, 0.1) is 17.6 Å². The molecule has 2 N–H and O–H groups in total. The zero-order valence-electron chi connectivity index (χ0n) is 12.1. The number of nitrogens with zero attached hydrogens (tertiary/aromatic N) is 2. The minimum Gasteiger partial charge on any atom is -0.398 e. The Labute approximate surface area is 124 Å². The summed E-state index contributed by atoms with van der Waals surface area (Å²) in [6, 6.07) is 16.1. The molecule has 0 amide bonds. The lowest BCUT2D eigenvalue weighted by atomic mass is 10.1. The Kier molecular flexibility index (Phi) is 3.88. The lowest BCUT2D eigenvalue weighted by Crippen LogP contribution is -2.09. The summed E-state index contributed by atoms with van der Waals surface area (Å²) < 4.78 is 7.43. The van der Waals surface area contributed by atoms with Gasteiger partial charge in [0, 0.05) is 25.8 Å². The number of nitrogens with two attached hydrogens (primary N) is 1. The molecule has 108 valence electrons. The van der Waals surface area contributed by atoms with E-state index in [9.17, 15) is 0 Å². The third-order valence-corrected chi connectivity index (χ3v) is 3.66. The third kappa shape index (κ3) is 2.76. The highest BCUT2D eigenvalue weighted by Crippen LogP contribution is 2.20. The van der Waals surface area contributed by atoms with E-state index in [-0.39, 0.29) is 0 Å². The van der Waals surface area contributed by atoms with Crippen molar-refractivity contribution in [2.24, 2.45) is 0 Å². The molecule has 0 radical (unpaired) electrons. The summed E-state index contributed by atoms with van der Waals surface area (Å²) in [7, 11) is 1.72. The zero-order valence-corrected chi connectivity index (χ0v) is 12.1. The van der Waals surface area contributed by atoms with Crippen LogP contribution in [0.5, 0.6) is 0 Å². The minimum atomic E-state index is 0.664. The maximum absolute atomic E-state index is 6.05. The molecule has 0 unspecified atom stereocenters. The second kappa shape index (κ2) is 5.97. The number of aromatic nitrogens is 2. The van der Waals surface area contributed by atoms with Gasteiger partial charge in [-0.3, -0.25) is 0 Å². The Hall–Kier alpha value is -2.33. The van der Waals surface area contributed by atoms with Crippen LogP contribution >= 0.6 is 0 Å². The number of hydrogen-bond acceptors (Lipinski definition) is 3. The summed E-state index contributed by atoms with van der Waals surface area (Å²) in [5.41, 5.74) is 10.1. The second-order valence-electron chi connectivity index (χ2n) is 5.04. The molecule has 0 saturated carbocycles. The Bertz CT molecular complexity index is 749. The first-order valence-corrected chi connectivity index (χ1v) is 7.06. The fourth-order valence-electron chi connectivity index (χ4n) is 2.56. The Morgan fingerprint density at radius 2 is 1.86 bits per heavy atom. The number of benzene rings is 2. The lowest BCUT2D eigenvalue weighted by molar-refractivity contribution is 0.187. The smallest absolute Gasteiger partial charge is 0.114 e. The van der Waals surface area contributed by atoms with Crippen LogP contribution in [0, 0.1) is 0 Å². The fourth-order valence-corrected chi connectivity index (χ4v) is 2.56. The molecule has 1 aromatic heterocycles. The number of imidazole rings is 1. The summed E-state index contributed by atoms with van der Waals surface area (Å²) in [4.78, 5) is 4.75. The van der Waals surface area contributed by atoms with Crippen LogP contribution in [0.1, 0.15) is 11.4 Å². The standard InChI is InChI=1S/C17H19N3O/c1-21-11-10-20-16-9-5-4-8-15(16)19-17(20)12-13-6-2-3-7-14(13)18/h2-9H,10-12,18H2,1H3. The predicted octanol–water partition coefficient (Wildman–Crippen LogP) is 2.86. The van der Waals surface area contributed by atoms with Crippen LogP contribution in [0.3, 0.4) is 0 Å². The van der Waals surface area contributed by atoms with Gasteiger partial charge in [-0.25, -0.2) is 4.98 Å². The van der Waals surface area contributed by atoms with Crippen molar-refractivity contribution in [3.8, 4) is 0 Å². The van der Waals surface area contributed by atoms with E-state index in [1.807, 2.05) is 36.4 Å². The van der Waals surface area contributed by atoms with Crippen molar-refractivity contribution in [1.82, 2.24) is 9.55 Å². The van der Waals surface area contributed by atoms with Crippen molar-refractivity contribution in [3.05, 3.63) is 59.9 Å². The summed E-state index contributed by atoms with van der Waals surface area (Å²) >= 11 is 0. The van der Waals surface area contributed by atoms with Crippen molar-refractivity contribution < 1.29 is 4.74 Å². The third-order valence-electron chi connectivity index (χ3n) is 3.66. The number of rotatable bonds is 5. The molecule has 2 aromatic carbocycles. The molecule has 1 heterocycles. The summed E-state index contributed by atoms with van der Waals surface area (Å²) in [6.45, 7) is 1.46. The van der Waals surface area contributed by atoms with Gasteiger partial charge >= 0.3 is 0 Å². The highest BCUT2D eigenvalue weighted by Gasteiger charge is 2.11. The first-order valence-electron chi connectivity index (χ1n) is 7.06. The number of ether oxygens (including phenoxy) is 1. The number of nitrogen functional groups attached to an aromatic ring is 1. The highest BCUT2D eigenvalue weighted by atomic mass is 16.5. The largest absolute Gasteiger partial charge is 0.398 e. The second-order valence-corrected chi connectivity index (χ2v) is 5.04. The van der Waals surface area contributed by atoms with Gasteiger partial charge in [-0.15, -0.1) is 0 Å². The van der Waals surface area contributed by atoms with Crippen LogP contribution in [0.2, 0.25) is 0 Å². The molecule has 0 fully saturated rings. The van der Waals surface area contributed by atoms with Gasteiger partial charge in [0.2, 0.25) is 0 Å². The van der Waals surface area contributed by atoms with E-state index in [1.54, 1.807) is 7.11 Å². The van der Waals surface area contributed by atoms with Gasteiger partial charge in [-0.05, 0) is 23.8 Å². The number of methoxy groups -OCH3 is 1. The number of hydrogen-bond donors (Lipinski definition) is 1. The van der Waals surface area contributed by atoms with Crippen molar-refractivity contribution in [2.45, 2.75) is 13.0 Å². The molecule has 3 aromatic rings. The minimum absolute atomic E-state index is 0.664. The Morgan fingerprint density at radius 1 is 1.10 bits per heavy atom. The molecule has 4 heteroatoms. The van der Waals surface area contributed by atoms with E-state index in [0.717, 1.165) is 41.1 Å². The maximum atomic E-state index is 6.05. The molecule has 0 aliphatic carbocycles. The van der Waals surface area contributed by atoms with E-state index in [4.69, 9.17) is 15.5 Å². The normalized spacial score (nSPS) is 11.1. The average Bonchev–Trinajstić information content (AvgIpc) is 2.85. The van der Waals surface area contributed by atoms with Crippen LogP contribution in [0.15, 0.2) is 48.5 Å². The SMILES string of the molecule is COCCn1c(Cc2ccccc2N)nc2ccccc21. The van der Waals surface area contributed by atoms with Gasteiger partial charge in [0.25, 0.3) is 0 Å². The fraction of sp³-hybridized carbons (Fsp3) is 0.235. The molecule has 21 heavy (non-hydrogen) atoms. The lowest BCUT2D eigenvalue weighted by Gasteiger charge is -2.10. The Balaban J connectivity index is 2.02. The molecule has 0 aliphatic rings. The van der Waals surface area contributed by atoms with Gasteiger partial charge in [0.1, 0.15) is 5.82 Å². The average molecular weight is 281 g/mol. The van der Waals surface area contributed by atoms with E-state index < -0.39 is 0 Å².